The van der Waals surface area contributed by atoms with Gasteiger partial charge in [0.2, 0.25) is 0 Å². The molecule has 0 aromatic carbocycles. The Bertz CT molecular complexity index is 118. The second-order valence-electron chi connectivity index (χ2n) is 2.19. The van der Waals surface area contributed by atoms with Gasteiger partial charge in [0, 0.05) is 0 Å². The van der Waals surface area contributed by atoms with Crippen molar-refractivity contribution < 1.29 is 0 Å². The Morgan fingerprint density at radius 3 is 1.25 bits per heavy atom. The summed E-state index contributed by atoms with van der Waals surface area (Å²) in [6.07, 6.45) is 0. The fourth-order valence-electron chi connectivity index (χ4n) is 0.469. The van der Waals surface area contributed by atoms with Crippen molar-refractivity contribution in [2.24, 2.45) is 0 Å². The summed E-state index contributed by atoms with van der Waals surface area (Å²) in [6, 6.07) is 0. The molecule has 0 N–H and O–H groups in total. The zero-order valence-electron chi connectivity index (χ0n) is 9.65. The van der Waals surface area contributed by atoms with E-state index in [4.69, 9.17) is 0 Å². The molecule has 0 heterocycles. The standard InChI is InChI=1S/3C2H6S.CH4S3.3Sn/c3*1-2-3;2-1(3)4;;;/h3*3H,2H2,1H3;1-4H;;;/q;;;;3*+2/p-6. The zero-order valence-corrected chi connectivity index (χ0v) is 23.1. The molecule has 6 radical (unpaired) electrons. The van der Waals surface area contributed by atoms with Gasteiger partial charge in [-0.1, -0.05) is 0 Å². The Morgan fingerprint density at radius 1 is 0.688 bits per heavy atom. The quantitative estimate of drug-likeness (QED) is 0.174. The molecule has 0 aliphatic rings. The van der Waals surface area contributed by atoms with Gasteiger partial charge < -0.3 is 0 Å². The molecule has 92 valence electrons. The molecule has 0 amide bonds. The van der Waals surface area contributed by atoms with E-state index < -0.39 is 0 Å². The van der Waals surface area contributed by atoms with Crippen LogP contribution in [0, 0.1) is 0 Å². The third-order valence-corrected chi connectivity index (χ3v) is 45.5. The summed E-state index contributed by atoms with van der Waals surface area (Å²) in [5.41, 5.74) is 0. The first-order chi connectivity index (χ1) is 7.85. The van der Waals surface area contributed by atoms with Crippen molar-refractivity contribution in [1.82, 2.24) is 0 Å². The number of hydrogen-bond donors (Lipinski definition) is 0. The number of hydrogen-bond acceptors (Lipinski definition) is 6. The summed E-state index contributed by atoms with van der Waals surface area (Å²) < 4.78 is 0.960. The molecule has 0 unspecified atom stereocenters. The van der Waals surface area contributed by atoms with E-state index in [0.717, 1.165) is 3.91 Å². The van der Waals surface area contributed by atoms with E-state index in [1.54, 1.807) is 0 Å². The molecule has 9 heteroatoms. The van der Waals surface area contributed by atoms with Gasteiger partial charge >= 0.3 is 151 Å². The Balaban J connectivity index is 3.58. The predicted octanol–water partition coefficient (Wildman–Crippen LogP) is 4.33. The first-order valence-corrected chi connectivity index (χ1v) is 31.5. The van der Waals surface area contributed by atoms with Gasteiger partial charge in [-0.05, 0) is 0 Å². The van der Waals surface area contributed by atoms with Crippen LogP contribution in [0.3, 0.4) is 0 Å². The van der Waals surface area contributed by atoms with E-state index in [1.165, 1.54) is 17.3 Å². The van der Waals surface area contributed by atoms with E-state index in [0.29, 0.717) is 0 Å². The van der Waals surface area contributed by atoms with Gasteiger partial charge in [-0.2, -0.15) is 0 Å². The van der Waals surface area contributed by atoms with Gasteiger partial charge in [-0.3, -0.25) is 0 Å². The van der Waals surface area contributed by atoms with Crippen LogP contribution in [0.25, 0.3) is 0 Å². The minimum absolute atomic E-state index is 0.141. The van der Waals surface area contributed by atoms with Gasteiger partial charge in [-0.15, -0.1) is 0 Å². The summed E-state index contributed by atoms with van der Waals surface area (Å²) in [4.78, 5) is 0. The Morgan fingerprint density at radius 2 is 1.00 bits per heavy atom. The van der Waals surface area contributed by atoms with Crippen LogP contribution in [0.15, 0.2) is 0 Å². The van der Waals surface area contributed by atoms with Crippen molar-refractivity contribution >= 4 is 109 Å². The van der Waals surface area contributed by atoms with E-state index in [1.807, 2.05) is 0 Å². The van der Waals surface area contributed by atoms with Crippen LogP contribution < -0.4 is 0 Å². The molecule has 0 saturated carbocycles. The van der Waals surface area contributed by atoms with Crippen LogP contribution in [0.2, 0.25) is 0 Å². The third kappa shape index (κ3) is 14.9. The van der Waals surface area contributed by atoms with Gasteiger partial charge in [0.15, 0.2) is 0 Å². The maximum atomic E-state index is 2.36. The Kier molecular flexibility index (Phi) is 22.5. The SMILES string of the molecule is CC[S][Sn][S]C([S][Sn][S]CC)[S][Sn][S]CC. The molecule has 0 spiro atoms. The van der Waals surface area contributed by atoms with Gasteiger partial charge in [0.1, 0.15) is 0 Å². The van der Waals surface area contributed by atoms with Crippen molar-refractivity contribution in [2.75, 3.05) is 17.3 Å². The van der Waals surface area contributed by atoms with E-state index in [-0.39, 0.29) is 55.1 Å². The van der Waals surface area contributed by atoms with Crippen LogP contribution in [0.1, 0.15) is 20.8 Å². The summed E-state index contributed by atoms with van der Waals surface area (Å²) in [5.74, 6) is 4.03. The summed E-state index contributed by atoms with van der Waals surface area (Å²) in [6.45, 7) is 6.90. The molecule has 0 atom stereocenters. The molecule has 0 bridgehead atoms. The van der Waals surface area contributed by atoms with Crippen LogP contribution in [0.5, 0.6) is 0 Å². The topological polar surface area (TPSA) is 0 Å². The monoisotopic (exact) mass is 652 g/mol. The van der Waals surface area contributed by atoms with Crippen molar-refractivity contribution in [1.29, 1.82) is 0 Å². The summed E-state index contributed by atoms with van der Waals surface area (Å²) in [5, 5.41) is 0. The average molecular weight is 649 g/mol. The predicted molar refractivity (Wildman–Crippen MR) is 98.2 cm³/mol. The molecule has 0 aromatic heterocycles. The van der Waals surface area contributed by atoms with E-state index in [2.05, 4.69) is 74.4 Å². The van der Waals surface area contributed by atoms with Crippen LogP contribution in [-0.2, 0) is 0 Å². The molecule has 0 nitrogen and oxygen atoms in total. The molecule has 0 rings (SSSR count). The fraction of sp³-hybridized carbons (Fsp3) is 1.00. The van der Waals surface area contributed by atoms with Crippen molar-refractivity contribution in [3.63, 3.8) is 0 Å². The zero-order chi connectivity index (χ0) is 12.1. The van der Waals surface area contributed by atoms with Crippen LogP contribution in [-0.4, -0.2) is 76.3 Å². The minimum atomic E-state index is -0.141. The average Bonchev–Trinajstić information content (AvgIpc) is 2.29. The fourth-order valence-corrected chi connectivity index (χ4v) is 67.4. The molecule has 0 saturated heterocycles. The van der Waals surface area contributed by atoms with E-state index in [9.17, 15) is 0 Å². The van der Waals surface area contributed by atoms with Crippen molar-refractivity contribution in [3.8, 4) is 0 Å². The van der Waals surface area contributed by atoms with Crippen molar-refractivity contribution in [3.05, 3.63) is 0 Å². The normalized spacial score (nSPS) is 11.2. The Hall–Kier alpha value is 4.50. The molecule has 0 aromatic rings. The van der Waals surface area contributed by atoms with Gasteiger partial charge in [0.25, 0.3) is 0 Å². The first kappa shape index (κ1) is 20.5. The molecule has 16 heavy (non-hydrogen) atoms. The number of rotatable bonds is 12. The van der Waals surface area contributed by atoms with Crippen LogP contribution in [0.4, 0.5) is 0 Å². The molecule has 0 aliphatic heterocycles. The maximum absolute atomic E-state index is 2.36. The van der Waals surface area contributed by atoms with Crippen molar-refractivity contribution in [2.45, 2.75) is 24.7 Å². The second-order valence-corrected chi connectivity index (χ2v) is 36.1. The van der Waals surface area contributed by atoms with Gasteiger partial charge in [0.05, 0.1) is 0 Å². The molecular weight excluding hydrogens is 633 g/mol. The molecule has 0 fully saturated rings. The second kappa shape index (κ2) is 17.5. The van der Waals surface area contributed by atoms with Gasteiger partial charge in [-0.25, -0.2) is 0 Å². The summed E-state index contributed by atoms with van der Waals surface area (Å²) in [7, 11) is 13.8. The third-order valence-electron chi connectivity index (χ3n) is 1.04. The van der Waals surface area contributed by atoms with Crippen LogP contribution >= 0.6 is 53.7 Å². The first-order valence-electron chi connectivity index (χ1n) is 4.92. The summed E-state index contributed by atoms with van der Waals surface area (Å²) >= 11 is -0.422. The Labute approximate surface area is 147 Å². The molecule has 0 aliphatic carbocycles. The van der Waals surface area contributed by atoms with E-state index >= 15 is 0 Å². The molecular formula is C7H16S6Sn3.